The van der Waals surface area contributed by atoms with Gasteiger partial charge in [0.2, 0.25) is 5.91 Å². The lowest BCUT2D eigenvalue weighted by atomic mass is 10.2. The van der Waals surface area contributed by atoms with Gasteiger partial charge in [0.05, 0.1) is 29.7 Å². The van der Waals surface area contributed by atoms with Crippen molar-refractivity contribution in [3.05, 3.63) is 72.6 Å². The Morgan fingerprint density at radius 2 is 1.73 bits per heavy atom. The smallest absolute Gasteiger partial charge is 0.228 e. The van der Waals surface area contributed by atoms with Crippen LogP contribution in [0, 0.1) is 0 Å². The third kappa shape index (κ3) is 3.61. The number of hydrogen-bond acceptors (Lipinski definition) is 3. The van der Waals surface area contributed by atoms with Gasteiger partial charge in [-0.05, 0) is 42.7 Å². The number of anilines is 2. The largest absolute Gasteiger partial charge is 0.370 e. The summed E-state index contributed by atoms with van der Waals surface area (Å²) < 4.78 is 1.79. The molecule has 0 unspecified atom stereocenters. The minimum absolute atomic E-state index is 0.0238. The molecule has 132 valence electrons. The molecule has 1 aromatic heterocycles. The lowest BCUT2D eigenvalue weighted by molar-refractivity contribution is -0.115. The first-order valence-electron chi connectivity index (χ1n) is 9.02. The molecule has 5 heteroatoms. The molecule has 3 aromatic rings. The Morgan fingerprint density at radius 1 is 1.00 bits per heavy atom. The molecule has 2 heterocycles. The minimum atomic E-state index is -0.0238. The zero-order chi connectivity index (χ0) is 17.8. The molecular weight excluding hydrogens is 324 g/mol. The van der Waals surface area contributed by atoms with Crippen LogP contribution in [-0.4, -0.2) is 28.8 Å². The van der Waals surface area contributed by atoms with Gasteiger partial charge in [0.1, 0.15) is 0 Å². The Hall–Kier alpha value is -3.08. The van der Waals surface area contributed by atoms with Crippen LogP contribution in [0.15, 0.2) is 67.0 Å². The van der Waals surface area contributed by atoms with Gasteiger partial charge < -0.3 is 10.2 Å². The first kappa shape index (κ1) is 16.4. The summed E-state index contributed by atoms with van der Waals surface area (Å²) in [7, 11) is 0. The van der Waals surface area contributed by atoms with Gasteiger partial charge in [0.25, 0.3) is 0 Å². The fraction of sp³-hybridized carbons (Fsp3) is 0.238. The number of benzene rings is 2. The lowest BCUT2D eigenvalue weighted by Gasteiger charge is -2.21. The molecule has 1 fully saturated rings. The molecule has 0 atom stereocenters. The molecule has 0 radical (unpaired) electrons. The van der Waals surface area contributed by atoms with E-state index >= 15 is 0 Å². The van der Waals surface area contributed by atoms with Crippen LogP contribution in [0.5, 0.6) is 0 Å². The van der Waals surface area contributed by atoms with Crippen LogP contribution in [0.3, 0.4) is 0 Å². The van der Waals surface area contributed by atoms with Gasteiger partial charge in [-0.1, -0.05) is 30.3 Å². The number of aromatic nitrogens is 2. The minimum Gasteiger partial charge on any atom is -0.370 e. The Balaban J connectivity index is 1.44. The van der Waals surface area contributed by atoms with Crippen molar-refractivity contribution in [3.63, 3.8) is 0 Å². The normalized spacial score (nSPS) is 13.8. The van der Waals surface area contributed by atoms with E-state index in [-0.39, 0.29) is 5.91 Å². The van der Waals surface area contributed by atoms with Crippen molar-refractivity contribution in [2.75, 3.05) is 23.3 Å². The number of amides is 1. The van der Waals surface area contributed by atoms with Crippen LogP contribution in [-0.2, 0) is 11.2 Å². The predicted molar refractivity (Wildman–Crippen MR) is 104 cm³/mol. The Morgan fingerprint density at radius 3 is 2.54 bits per heavy atom. The average molecular weight is 346 g/mol. The topological polar surface area (TPSA) is 50.2 Å². The fourth-order valence-electron chi connectivity index (χ4n) is 3.37. The van der Waals surface area contributed by atoms with E-state index in [1.165, 1.54) is 12.8 Å². The molecule has 0 aliphatic carbocycles. The average Bonchev–Trinajstić information content (AvgIpc) is 3.35. The standard InChI is InChI=1S/C21H22N4O/c26-21(14-17-15-22-25(16-17)18-8-2-1-3-9-18)23-19-10-4-5-11-20(19)24-12-6-7-13-24/h1-5,8-11,15-16H,6-7,12-14H2,(H,23,26). The summed E-state index contributed by atoms with van der Waals surface area (Å²) in [6, 6.07) is 17.9. The number of para-hydroxylation sites is 3. The predicted octanol–water partition coefficient (Wildman–Crippen LogP) is 3.65. The first-order valence-corrected chi connectivity index (χ1v) is 9.02. The first-order chi connectivity index (χ1) is 12.8. The zero-order valence-corrected chi connectivity index (χ0v) is 14.6. The lowest BCUT2D eigenvalue weighted by Crippen LogP contribution is -2.21. The quantitative estimate of drug-likeness (QED) is 0.767. The second-order valence-electron chi connectivity index (χ2n) is 6.56. The van der Waals surface area contributed by atoms with Crippen LogP contribution >= 0.6 is 0 Å². The fourth-order valence-corrected chi connectivity index (χ4v) is 3.37. The highest BCUT2D eigenvalue weighted by atomic mass is 16.1. The molecule has 2 aromatic carbocycles. The number of carbonyl (C=O) groups excluding carboxylic acids is 1. The van der Waals surface area contributed by atoms with Gasteiger partial charge in [0, 0.05) is 19.3 Å². The molecule has 1 amide bonds. The highest BCUT2D eigenvalue weighted by molar-refractivity contribution is 5.95. The summed E-state index contributed by atoms with van der Waals surface area (Å²) in [6.07, 6.45) is 6.38. The van der Waals surface area contributed by atoms with Gasteiger partial charge >= 0.3 is 0 Å². The number of rotatable bonds is 5. The molecule has 0 spiro atoms. The van der Waals surface area contributed by atoms with Crippen molar-refractivity contribution in [2.24, 2.45) is 0 Å². The van der Waals surface area contributed by atoms with E-state index < -0.39 is 0 Å². The Kier molecular flexibility index (Phi) is 4.69. The summed E-state index contributed by atoms with van der Waals surface area (Å²) >= 11 is 0. The molecule has 1 aliphatic heterocycles. The van der Waals surface area contributed by atoms with Crippen molar-refractivity contribution in [2.45, 2.75) is 19.3 Å². The third-order valence-electron chi connectivity index (χ3n) is 4.65. The van der Waals surface area contributed by atoms with Crippen LogP contribution in [0.4, 0.5) is 11.4 Å². The van der Waals surface area contributed by atoms with E-state index in [9.17, 15) is 4.79 Å². The van der Waals surface area contributed by atoms with E-state index in [1.54, 1.807) is 10.9 Å². The van der Waals surface area contributed by atoms with E-state index in [2.05, 4.69) is 21.4 Å². The maximum absolute atomic E-state index is 12.5. The van der Waals surface area contributed by atoms with Gasteiger partial charge in [-0.25, -0.2) is 4.68 Å². The number of carbonyl (C=O) groups is 1. The highest BCUT2D eigenvalue weighted by Crippen LogP contribution is 2.28. The van der Waals surface area contributed by atoms with Crippen molar-refractivity contribution < 1.29 is 4.79 Å². The summed E-state index contributed by atoms with van der Waals surface area (Å²) in [5, 5.41) is 7.42. The van der Waals surface area contributed by atoms with Crippen LogP contribution in [0.1, 0.15) is 18.4 Å². The molecule has 26 heavy (non-hydrogen) atoms. The van der Waals surface area contributed by atoms with Gasteiger partial charge in [0.15, 0.2) is 0 Å². The zero-order valence-electron chi connectivity index (χ0n) is 14.6. The van der Waals surface area contributed by atoms with E-state index in [1.807, 2.05) is 54.7 Å². The van der Waals surface area contributed by atoms with Crippen LogP contribution in [0.2, 0.25) is 0 Å². The maximum Gasteiger partial charge on any atom is 0.228 e. The van der Waals surface area contributed by atoms with Gasteiger partial charge in [-0.15, -0.1) is 0 Å². The molecule has 1 aliphatic rings. The third-order valence-corrected chi connectivity index (χ3v) is 4.65. The Bertz CT molecular complexity index is 882. The van der Waals surface area contributed by atoms with Crippen molar-refractivity contribution in [1.29, 1.82) is 0 Å². The van der Waals surface area contributed by atoms with Gasteiger partial charge in [-0.3, -0.25) is 4.79 Å². The maximum atomic E-state index is 12.5. The molecule has 1 N–H and O–H groups in total. The molecular formula is C21H22N4O. The second-order valence-corrected chi connectivity index (χ2v) is 6.56. The number of nitrogens with zero attached hydrogens (tertiary/aromatic N) is 3. The number of hydrogen-bond donors (Lipinski definition) is 1. The summed E-state index contributed by atoms with van der Waals surface area (Å²) in [4.78, 5) is 14.9. The molecule has 0 bridgehead atoms. The second kappa shape index (κ2) is 7.44. The molecule has 0 saturated carbocycles. The van der Waals surface area contributed by atoms with E-state index in [0.29, 0.717) is 6.42 Å². The molecule has 1 saturated heterocycles. The molecule has 4 rings (SSSR count). The monoisotopic (exact) mass is 346 g/mol. The van der Waals surface area contributed by atoms with Crippen molar-refractivity contribution >= 4 is 17.3 Å². The Labute approximate surface area is 153 Å². The van der Waals surface area contributed by atoms with E-state index in [4.69, 9.17) is 0 Å². The van der Waals surface area contributed by atoms with Crippen LogP contribution < -0.4 is 10.2 Å². The van der Waals surface area contributed by atoms with Crippen molar-refractivity contribution in [3.8, 4) is 5.69 Å². The van der Waals surface area contributed by atoms with Crippen LogP contribution in [0.25, 0.3) is 5.69 Å². The SMILES string of the molecule is O=C(Cc1cnn(-c2ccccc2)c1)Nc1ccccc1N1CCCC1. The summed E-state index contributed by atoms with van der Waals surface area (Å²) in [5.41, 5.74) is 3.87. The van der Waals surface area contributed by atoms with Crippen molar-refractivity contribution in [1.82, 2.24) is 9.78 Å². The summed E-state index contributed by atoms with van der Waals surface area (Å²) in [6.45, 7) is 2.10. The van der Waals surface area contributed by atoms with E-state index in [0.717, 1.165) is 35.7 Å². The molecule has 5 nitrogen and oxygen atoms in total. The number of nitrogens with one attached hydrogen (secondary N) is 1. The summed E-state index contributed by atoms with van der Waals surface area (Å²) in [5.74, 6) is -0.0238. The highest BCUT2D eigenvalue weighted by Gasteiger charge is 2.16. The van der Waals surface area contributed by atoms with Gasteiger partial charge in [-0.2, -0.15) is 5.10 Å².